The van der Waals surface area contributed by atoms with Crippen molar-refractivity contribution in [3.63, 3.8) is 0 Å². The molecule has 5 aromatic rings. The molecule has 0 saturated heterocycles. The fraction of sp³-hybridized carbons (Fsp3) is 0.125. The summed E-state index contributed by atoms with van der Waals surface area (Å²) in [6.45, 7) is 2.32. The van der Waals surface area contributed by atoms with Crippen LogP contribution in [0.2, 0.25) is 0 Å². The second-order valence-electron chi connectivity index (χ2n) is 9.51. The van der Waals surface area contributed by atoms with Crippen molar-refractivity contribution in [3.05, 3.63) is 126 Å². The van der Waals surface area contributed by atoms with E-state index in [9.17, 15) is 4.79 Å². The lowest BCUT2D eigenvalue weighted by atomic mass is 9.95. The Balaban J connectivity index is 1.36. The Morgan fingerprint density at radius 3 is 2.51 bits per heavy atom. The quantitative estimate of drug-likeness (QED) is 0.252. The largest absolute Gasteiger partial charge is 0.495 e. The molecule has 1 unspecified atom stereocenters. The topological polar surface area (TPSA) is 103 Å². The number of hydrogen-bond acceptors (Lipinski definition) is 7. The maximum Gasteiger partial charge on any atom is 0.255 e. The molecular formula is C32H28N6O3. The Labute approximate surface area is 237 Å². The molecule has 1 amide bonds. The van der Waals surface area contributed by atoms with Gasteiger partial charge in [-0.1, -0.05) is 54.6 Å². The number of allylic oxidation sites excluding steroid dienone is 1. The summed E-state index contributed by atoms with van der Waals surface area (Å²) >= 11 is 0. The summed E-state index contributed by atoms with van der Waals surface area (Å²) in [6, 6.07) is 28.2. The average Bonchev–Trinajstić information content (AvgIpc) is 3.44. The van der Waals surface area contributed by atoms with Gasteiger partial charge in [0, 0.05) is 23.7 Å². The number of nitrogens with zero attached hydrogens (tertiary/aromatic N) is 4. The smallest absolute Gasteiger partial charge is 0.255 e. The molecule has 6 rings (SSSR count). The number of carbonyl (C=O) groups excluding carboxylic acids is 1. The van der Waals surface area contributed by atoms with Gasteiger partial charge >= 0.3 is 0 Å². The number of methoxy groups -OCH3 is 1. The van der Waals surface area contributed by atoms with E-state index in [1.807, 2.05) is 85.8 Å². The summed E-state index contributed by atoms with van der Waals surface area (Å²) in [5.41, 5.74) is 4.46. The van der Waals surface area contributed by atoms with Crippen LogP contribution in [0.3, 0.4) is 0 Å². The van der Waals surface area contributed by atoms with E-state index in [2.05, 4.69) is 15.6 Å². The van der Waals surface area contributed by atoms with Gasteiger partial charge in [-0.3, -0.25) is 9.78 Å². The summed E-state index contributed by atoms with van der Waals surface area (Å²) in [7, 11) is 1.57. The number of carbonyl (C=O) groups is 1. The second-order valence-corrected chi connectivity index (χ2v) is 9.51. The predicted octanol–water partition coefficient (Wildman–Crippen LogP) is 5.86. The number of fused-ring (bicyclic) bond motifs is 1. The zero-order valence-electron chi connectivity index (χ0n) is 22.6. The second kappa shape index (κ2) is 11.4. The first kappa shape index (κ1) is 25.8. The zero-order chi connectivity index (χ0) is 28.2. The normalized spacial score (nSPS) is 14.1. The van der Waals surface area contributed by atoms with E-state index in [1.165, 1.54) is 0 Å². The van der Waals surface area contributed by atoms with Crippen LogP contribution in [0.5, 0.6) is 11.5 Å². The Kier molecular flexibility index (Phi) is 7.15. The summed E-state index contributed by atoms with van der Waals surface area (Å²) in [6.07, 6.45) is 3.42. The third kappa shape index (κ3) is 5.38. The zero-order valence-corrected chi connectivity index (χ0v) is 22.6. The van der Waals surface area contributed by atoms with Crippen LogP contribution in [0.15, 0.2) is 115 Å². The van der Waals surface area contributed by atoms with Gasteiger partial charge in [0.15, 0.2) is 5.82 Å². The number of pyridine rings is 1. The molecule has 0 spiro atoms. The van der Waals surface area contributed by atoms with Crippen molar-refractivity contribution < 1.29 is 14.3 Å². The minimum Gasteiger partial charge on any atom is -0.495 e. The van der Waals surface area contributed by atoms with Crippen LogP contribution in [0.4, 0.5) is 11.6 Å². The van der Waals surface area contributed by atoms with Gasteiger partial charge in [-0.15, -0.1) is 5.10 Å². The summed E-state index contributed by atoms with van der Waals surface area (Å²) in [4.78, 5) is 22.8. The van der Waals surface area contributed by atoms with Gasteiger partial charge in [0.25, 0.3) is 5.91 Å². The standard InChI is InChI=1S/C32H28N6O3/c1-21-28(31(39)35-26-12-6-7-13-27(26)40-2)29(38-32(34-21)36-30(37-38)24-11-8-18-33-19-24)23-14-16-25(17-15-23)41-20-22-9-4-3-5-10-22/h3-19,29H,20H2,1-2H3,(H,35,39)(H,34,36,37). The predicted molar refractivity (Wildman–Crippen MR) is 157 cm³/mol. The maximum absolute atomic E-state index is 13.9. The van der Waals surface area contributed by atoms with Crippen LogP contribution in [-0.2, 0) is 11.4 Å². The molecule has 9 heteroatoms. The number of anilines is 2. The van der Waals surface area contributed by atoms with Gasteiger partial charge < -0.3 is 20.1 Å². The lowest BCUT2D eigenvalue weighted by molar-refractivity contribution is -0.113. The molecule has 3 heterocycles. The highest BCUT2D eigenvalue weighted by molar-refractivity contribution is 6.06. The number of amides is 1. The molecule has 0 fully saturated rings. The molecular weight excluding hydrogens is 516 g/mol. The first-order valence-corrected chi connectivity index (χ1v) is 13.2. The molecule has 41 heavy (non-hydrogen) atoms. The number of aromatic nitrogens is 4. The molecule has 2 N–H and O–H groups in total. The van der Waals surface area contributed by atoms with Gasteiger partial charge in [0.1, 0.15) is 24.1 Å². The number of nitrogens with one attached hydrogen (secondary N) is 2. The van der Waals surface area contributed by atoms with Crippen molar-refractivity contribution in [2.75, 3.05) is 17.7 Å². The summed E-state index contributed by atoms with van der Waals surface area (Å²) in [5.74, 6) is 2.05. The molecule has 1 atom stereocenters. The van der Waals surface area contributed by atoms with Crippen molar-refractivity contribution >= 4 is 17.5 Å². The molecule has 0 saturated carbocycles. The van der Waals surface area contributed by atoms with Crippen molar-refractivity contribution in [3.8, 4) is 22.9 Å². The van der Waals surface area contributed by atoms with Crippen LogP contribution in [0.25, 0.3) is 11.4 Å². The molecule has 0 radical (unpaired) electrons. The van der Waals surface area contributed by atoms with E-state index >= 15 is 0 Å². The number of rotatable bonds is 8. The van der Waals surface area contributed by atoms with Crippen molar-refractivity contribution in [1.82, 2.24) is 19.7 Å². The Hall–Kier alpha value is -5.44. The van der Waals surface area contributed by atoms with Gasteiger partial charge in [-0.25, -0.2) is 4.68 Å². The first-order valence-electron chi connectivity index (χ1n) is 13.2. The van der Waals surface area contributed by atoms with Crippen LogP contribution >= 0.6 is 0 Å². The lowest BCUT2D eigenvalue weighted by Gasteiger charge is -2.29. The molecule has 2 aromatic heterocycles. The van der Waals surface area contributed by atoms with E-state index in [4.69, 9.17) is 19.6 Å². The third-order valence-electron chi connectivity index (χ3n) is 6.82. The number of hydrogen-bond donors (Lipinski definition) is 2. The fourth-order valence-corrected chi connectivity index (χ4v) is 4.80. The van der Waals surface area contributed by atoms with E-state index in [1.54, 1.807) is 36.3 Å². The summed E-state index contributed by atoms with van der Waals surface area (Å²) < 4.78 is 13.2. The molecule has 3 aromatic carbocycles. The Morgan fingerprint density at radius 1 is 0.976 bits per heavy atom. The highest BCUT2D eigenvalue weighted by Gasteiger charge is 2.35. The highest BCUT2D eigenvalue weighted by atomic mass is 16.5. The molecule has 1 aliphatic heterocycles. The average molecular weight is 545 g/mol. The number of benzene rings is 3. The van der Waals surface area contributed by atoms with Gasteiger partial charge in [0.2, 0.25) is 5.95 Å². The van der Waals surface area contributed by atoms with Gasteiger partial charge in [0.05, 0.1) is 18.4 Å². The minimum atomic E-state index is -0.554. The summed E-state index contributed by atoms with van der Waals surface area (Å²) in [5, 5.41) is 11.1. The molecule has 0 aliphatic carbocycles. The number of para-hydroxylation sites is 2. The van der Waals surface area contributed by atoms with E-state index in [-0.39, 0.29) is 5.91 Å². The van der Waals surface area contributed by atoms with Crippen LogP contribution in [-0.4, -0.2) is 32.8 Å². The molecule has 0 bridgehead atoms. The maximum atomic E-state index is 13.9. The van der Waals surface area contributed by atoms with Gasteiger partial charge in [-0.05, 0) is 54.4 Å². The van der Waals surface area contributed by atoms with Crippen LogP contribution in [0, 0.1) is 0 Å². The van der Waals surface area contributed by atoms with E-state index in [0.29, 0.717) is 41.1 Å². The third-order valence-corrected chi connectivity index (χ3v) is 6.82. The molecule has 204 valence electrons. The first-order chi connectivity index (χ1) is 20.1. The Bertz CT molecular complexity index is 1700. The molecule has 1 aliphatic rings. The monoisotopic (exact) mass is 544 g/mol. The van der Waals surface area contributed by atoms with Crippen LogP contribution in [0.1, 0.15) is 24.1 Å². The van der Waals surface area contributed by atoms with Crippen molar-refractivity contribution in [2.45, 2.75) is 19.6 Å². The molecule has 9 nitrogen and oxygen atoms in total. The van der Waals surface area contributed by atoms with Crippen molar-refractivity contribution in [2.24, 2.45) is 0 Å². The van der Waals surface area contributed by atoms with Gasteiger partial charge in [-0.2, -0.15) is 4.98 Å². The fourth-order valence-electron chi connectivity index (χ4n) is 4.80. The van der Waals surface area contributed by atoms with E-state index < -0.39 is 6.04 Å². The Morgan fingerprint density at radius 2 is 1.76 bits per heavy atom. The number of ether oxygens (including phenoxy) is 2. The van der Waals surface area contributed by atoms with Crippen molar-refractivity contribution in [1.29, 1.82) is 0 Å². The van der Waals surface area contributed by atoms with E-state index in [0.717, 1.165) is 22.4 Å². The van der Waals surface area contributed by atoms with Crippen LogP contribution < -0.4 is 20.1 Å². The SMILES string of the molecule is COc1ccccc1NC(=O)C1=C(C)Nc2nc(-c3cccnc3)nn2C1c1ccc(OCc2ccccc2)cc1. The lowest BCUT2D eigenvalue weighted by Crippen LogP contribution is -2.31. The minimum absolute atomic E-state index is 0.280. The highest BCUT2D eigenvalue weighted by Crippen LogP contribution is 2.38.